The molecule has 116 valence electrons. The third-order valence-corrected chi connectivity index (χ3v) is 5.61. The number of anilines is 1. The summed E-state index contributed by atoms with van der Waals surface area (Å²) >= 11 is 0. The fourth-order valence-electron chi connectivity index (χ4n) is 2.27. The van der Waals surface area contributed by atoms with Gasteiger partial charge in [-0.25, -0.2) is 8.42 Å². The standard InChI is InChI=1S/C11H17N5O4S/c1-16-10(7(6-13-16)9(12)15-18)14-11(17)8-4-2-3-5-21(8,19)20/h6,8,18H,2-5H2,1H3,(H2,12,15)(H,14,17). The molecule has 0 aromatic carbocycles. The second kappa shape index (κ2) is 5.72. The van der Waals surface area contributed by atoms with Crippen molar-refractivity contribution in [3.8, 4) is 0 Å². The molecule has 0 radical (unpaired) electrons. The maximum atomic E-state index is 12.2. The van der Waals surface area contributed by atoms with Crippen LogP contribution in [-0.2, 0) is 21.7 Å². The Kier molecular flexibility index (Phi) is 4.16. The summed E-state index contributed by atoms with van der Waals surface area (Å²) in [7, 11) is -1.88. The first kappa shape index (κ1) is 15.3. The van der Waals surface area contributed by atoms with E-state index in [2.05, 4.69) is 15.6 Å². The van der Waals surface area contributed by atoms with E-state index in [1.54, 1.807) is 7.05 Å². The predicted molar refractivity (Wildman–Crippen MR) is 75.8 cm³/mol. The van der Waals surface area contributed by atoms with Gasteiger partial charge in [-0.15, -0.1) is 0 Å². The Morgan fingerprint density at radius 2 is 2.29 bits per heavy atom. The molecular formula is C11H17N5O4S. The molecule has 0 saturated carbocycles. The molecule has 21 heavy (non-hydrogen) atoms. The highest BCUT2D eigenvalue weighted by Gasteiger charge is 2.35. The molecular weight excluding hydrogens is 298 g/mol. The van der Waals surface area contributed by atoms with Crippen molar-refractivity contribution >= 4 is 27.4 Å². The third-order valence-electron chi connectivity index (χ3n) is 3.44. The van der Waals surface area contributed by atoms with Crippen LogP contribution >= 0.6 is 0 Å². The highest BCUT2D eigenvalue weighted by molar-refractivity contribution is 7.92. The van der Waals surface area contributed by atoms with E-state index in [0.717, 1.165) is 0 Å². The fraction of sp³-hybridized carbons (Fsp3) is 0.545. The topological polar surface area (TPSA) is 140 Å². The molecule has 1 aromatic rings. The van der Waals surface area contributed by atoms with Gasteiger partial charge in [0.25, 0.3) is 0 Å². The van der Waals surface area contributed by atoms with Gasteiger partial charge in [0.05, 0.1) is 17.5 Å². The second-order valence-corrected chi connectivity index (χ2v) is 7.16. The molecule has 10 heteroatoms. The minimum absolute atomic E-state index is 0.0174. The number of aromatic nitrogens is 2. The molecule has 0 bridgehead atoms. The molecule has 2 rings (SSSR count). The van der Waals surface area contributed by atoms with E-state index in [9.17, 15) is 13.2 Å². The van der Waals surface area contributed by atoms with E-state index in [1.165, 1.54) is 10.9 Å². The van der Waals surface area contributed by atoms with Crippen molar-refractivity contribution in [2.24, 2.45) is 17.9 Å². The Balaban J connectivity index is 2.26. The molecule has 1 unspecified atom stereocenters. The van der Waals surface area contributed by atoms with Gasteiger partial charge >= 0.3 is 0 Å². The van der Waals surface area contributed by atoms with Crippen LogP contribution in [0.5, 0.6) is 0 Å². The highest BCUT2D eigenvalue weighted by Crippen LogP contribution is 2.22. The van der Waals surface area contributed by atoms with Crippen LogP contribution in [0.1, 0.15) is 24.8 Å². The number of amidine groups is 1. The second-order valence-electron chi connectivity index (χ2n) is 4.86. The smallest absolute Gasteiger partial charge is 0.243 e. The Hall–Kier alpha value is -2.10. The van der Waals surface area contributed by atoms with Crippen molar-refractivity contribution in [3.05, 3.63) is 11.8 Å². The molecule has 0 spiro atoms. The molecule has 1 aromatic heterocycles. The van der Waals surface area contributed by atoms with Crippen LogP contribution < -0.4 is 11.1 Å². The van der Waals surface area contributed by atoms with E-state index in [4.69, 9.17) is 10.9 Å². The van der Waals surface area contributed by atoms with E-state index < -0.39 is 21.0 Å². The van der Waals surface area contributed by atoms with Crippen molar-refractivity contribution in [3.63, 3.8) is 0 Å². The first-order valence-corrected chi connectivity index (χ1v) is 8.10. The number of nitrogens with two attached hydrogens (primary N) is 1. The quantitative estimate of drug-likeness (QED) is 0.295. The van der Waals surface area contributed by atoms with Crippen molar-refractivity contribution in [2.75, 3.05) is 11.1 Å². The monoisotopic (exact) mass is 315 g/mol. The maximum Gasteiger partial charge on any atom is 0.243 e. The summed E-state index contributed by atoms with van der Waals surface area (Å²) in [6, 6.07) is 0. The Morgan fingerprint density at radius 3 is 2.90 bits per heavy atom. The van der Waals surface area contributed by atoms with Crippen LogP contribution in [0, 0.1) is 0 Å². The largest absolute Gasteiger partial charge is 0.409 e. The van der Waals surface area contributed by atoms with Crippen LogP contribution in [0.2, 0.25) is 0 Å². The lowest BCUT2D eigenvalue weighted by atomic mass is 10.2. The predicted octanol–water partition coefficient (Wildman–Crippen LogP) is -0.580. The van der Waals surface area contributed by atoms with Gasteiger partial charge in [0, 0.05) is 7.05 Å². The molecule has 0 aliphatic carbocycles. The van der Waals surface area contributed by atoms with Crippen LogP contribution in [0.4, 0.5) is 5.82 Å². The number of nitrogens with one attached hydrogen (secondary N) is 1. The fourth-order valence-corrected chi connectivity index (χ4v) is 4.08. The Labute approximate surface area is 121 Å². The summed E-state index contributed by atoms with van der Waals surface area (Å²) in [5.74, 6) is -0.630. The zero-order valence-corrected chi connectivity index (χ0v) is 12.3. The minimum atomic E-state index is -3.43. The number of sulfone groups is 1. The van der Waals surface area contributed by atoms with Crippen molar-refractivity contribution in [1.29, 1.82) is 0 Å². The average molecular weight is 315 g/mol. The molecule has 9 nitrogen and oxygen atoms in total. The van der Waals surface area contributed by atoms with E-state index in [1.807, 2.05) is 0 Å². The SMILES string of the molecule is Cn1ncc(C(N)=NO)c1NC(=O)C1CCCCS1(=O)=O. The van der Waals surface area contributed by atoms with Crippen molar-refractivity contribution in [2.45, 2.75) is 24.5 Å². The summed E-state index contributed by atoms with van der Waals surface area (Å²) in [6.07, 6.45) is 2.88. The molecule has 1 aliphatic heterocycles. The lowest BCUT2D eigenvalue weighted by Crippen LogP contribution is -2.39. The molecule has 1 fully saturated rings. The normalized spacial score (nSPS) is 22.0. The summed E-state index contributed by atoms with van der Waals surface area (Å²) < 4.78 is 25.2. The van der Waals surface area contributed by atoms with Crippen molar-refractivity contribution in [1.82, 2.24) is 9.78 Å². The van der Waals surface area contributed by atoms with Crippen LogP contribution in [0.25, 0.3) is 0 Å². The molecule has 4 N–H and O–H groups in total. The third kappa shape index (κ3) is 2.99. The van der Waals surface area contributed by atoms with Gasteiger partial charge in [-0.2, -0.15) is 5.10 Å². The zero-order valence-electron chi connectivity index (χ0n) is 11.5. The van der Waals surface area contributed by atoms with Gasteiger partial charge in [0.2, 0.25) is 5.91 Å². The number of carbonyl (C=O) groups is 1. The van der Waals surface area contributed by atoms with Gasteiger partial charge in [-0.3, -0.25) is 9.48 Å². The summed E-state index contributed by atoms with van der Waals surface area (Å²) in [5, 5.41) is 16.9. The van der Waals surface area contributed by atoms with Gasteiger partial charge in [-0.05, 0) is 12.8 Å². The Bertz CT molecular complexity index is 679. The first-order valence-electron chi connectivity index (χ1n) is 6.39. The van der Waals surface area contributed by atoms with Gasteiger partial charge < -0.3 is 16.3 Å². The zero-order chi connectivity index (χ0) is 15.6. The molecule has 1 saturated heterocycles. The summed E-state index contributed by atoms with van der Waals surface area (Å²) in [6.45, 7) is 0. The lowest BCUT2D eigenvalue weighted by molar-refractivity contribution is -0.116. The van der Waals surface area contributed by atoms with Crippen LogP contribution in [-0.4, -0.2) is 46.2 Å². The van der Waals surface area contributed by atoms with Gasteiger partial charge in [-0.1, -0.05) is 11.6 Å². The highest BCUT2D eigenvalue weighted by atomic mass is 32.2. The van der Waals surface area contributed by atoms with Gasteiger partial charge in [0.1, 0.15) is 11.1 Å². The number of carbonyl (C=O) groups excluding carboxylic acids is 1. The Morgan fingerprint density at radius 1 is 1.57 bits per heavy atom. The molecule has 2 heterocycles. The minimum Gasteiger partial charge on any atom is -0.409 e. The molecule has 1 atom stereocenters. The number of oxime groups is 1. The summed E-state index contributed by atoms with van der Waals surface area (Å²) in [4.78, 5) is 12.2. The summed E-state index contributed by atoms with van der Waals surface area (Å²) in [5.41, 5.74) is 5.72. The maximum absolute atomic E-state index is 12.2. The van der Waals surface area contributed by atoms with Gasteiger partial charge in [0.15, 0.2) is 15.7 Å². The molecule has 1 aliphatic rings. The van der Waals surface area contributed by atoms with E-state index >= 15 is 0 Å². The van der Waals surface area contributed by atoms with E-state index in [0.29, 0.717) is 19.3 Å². The number of amides is 1. The molecule has 1 amide bonds. The van der Waals surface area contributed by atoms with Crippen LogP contribution in [0.3, 0.4) is 0 Å². The van der Waals surface area contributed by atoms with Crippen molar-refractivity contribution < 1.29 is 18.4 Å². The first-order chi connectivity index (χ1) is 9.86. The number of aryl methyl sites for hydroxylation is 1. The number of rotatable bonds is 3. The number of nitrogens with zero attached hydrogens (tertiary/aromatic N) is 3. The van der Waals surface area contributed by atoms with E-state index in [-0.39, 0.29) is 23.0 Å². The van der Waals surface area contributed by atoms with Crippen LogP contribution in [0.15, 0.2) is 11.4 Å². The number of hydrogen-bond donors (Lipinski definition) is 3. The number of hydrogen-bond acceptors (Lipinski definition) is 6. The lowest BCUT2D eigenvalue weighted by Gasteiger charge is -2.21. The average Bonchev–Trinajstić information content (AvgIpc) is 2.79.